The van der Waals surface area contributed by atoms with Gasteiger partial charge in [0, 0.05) is 32.2 Å². The van der Waals surface area contributed by atoms with Crippen molar-refractivity contribution in [2.75, 3.05) is 57.4 Å². The Morgan fingerprint density at radius 1 is 1.12 bits per heavy atom. The van der Waals surface area contributed by atoms with Crippen molar-refractivity contribution in [1.82, 2.24) is 35.1 Å². The number of rotatable bonds is 7. The van der Waals surface area contributed by atoms with Gasteiger partial charge >= 0.3 is 0 Å². The number of benzene rings is 1. The first-order valence-corrected chi connectivity index (χ1v) is 13.9. The lowest BCUT2D eigenvalue weighted by molar-refractivity contribution is -0.132. The number of ether oxygens (including phenoxy) is 1. The number of nitrogens with zero attached hydrogens (tertiary/aromatic N) is 6. The molecule has 3 aliphatic heterocycles. The van der Waals surface area contributed by atoms with Crippen LogP contribution < -0.4 is 15.5 Å². The van der Waals surface area contributed by atoms with Gasteiger partial charge in [0.2, 0.25) is 17.8 Å². The monoisotopic (exact) mass is 566 g/mol. The Balaban J connectivity index is 1.27. The van der Waals surface area contributed by atoms with Crippen molar-refractivity contribution in [3.63, 3.8) is 0 Å². The second-order valence-electron chi connectivity index (χ2n) is 10.3. The van der Waals surface area contributed by atoms with Gasteiger partial charge in [-0.3, -0.25) is 14.2 Å². The van der Waals surface area contributed by atoms with Gasteiger partial charge in [-0.25, -0.2) is 18.7 Å². The van der Waals surface area contributed by atoms with Gasteiger partial charge in [0.1, 0.15) is 5.82 Å². The molecule has 2 saturated heterocycles. The molecule has 1 aromatic carbocycles. The molecular formula is C28H32F2N8O3. The summed E-state index contributed by atoms with van der Waals surface area (Å²) in [4.78, 5) is 42.4. The number of halogens is 2. The standard InChI is InChI=1S/C28H32F2N8O3/c29-25(30)26-33-19-4-1-2-6-22(19)38(26)28-34-21(16-23(35-28)36-12-14-41-15-13-36)18-7-10-37(11-8-18)24(39)17-32-27(40)20-5-3-9-31-20/h1-2,4,6-7,16,20,25,31H,3,5,8-15,17H2,(H,32,40)/t20-/m0/s1. The molecule has 2 aromatic heterocycles. The van der Waals surface area contributed by atoms with E-state index in [1.807, 2.05) is 12.1 Å². The van der Waals surface area contributed by atoms with Crippen molar-refractivity contribution in [3.8, 4) is 5.95 Å². The predicted molar refractivity (Wildman–Crippen MR) is 148 cm³/mol. The Kier molecular flexibility index (Phi) is 7.88. The topological polar surface area (TPSA) is 118 Å². The second-order valence-corrected chi connectivity index (χ2v) is 10.3. The number of amides is 2. The molecule has 3 aliphatic rings. The molecule has 0 unspecified atom stereocenters. The molecule has 216 valence electrons. The Morgan fingerprint density at radius 2 is 1.95 bits per heavy atom. The van der Waals surface area contributed by atoms with Crippen molar-refractivity contribution >= 4 is 34.2 Å². The molecule has 0 aliphatic carbocycles. The number of carbonyl (C=O) groups excluding carboxylic acids is 2. The Labute approximate surface area is 235 Å². The van der Waals surface area contributed by atoms with Crippen molar-refractivity contribution in [2.45, 2.75) is 31.7 Å². The fourth-order valence-electron chi connectivity index (χ4n) is 5.48. The first-order chi connectivity index (χ1) is 20.0. The first-order valence-electron chi connectivity index (χ1n) is 13.9. The molecule has 11 nitrogen and oxygen atoms in total. The van der Waals surface area contributed by atoms with Gasteiger partial charge in [-0.15, -0.1) is 0 Å². The van der Waals surface area contributed by atoms with Crippen LogP contribution >= 0.6 is 0 Å². The summed E-state index contributed by atoms with van der Waals surface area (Å²) in [6, 6.07) is 8.57. The fraction of sp³-hybridized carbons (Fsp3) is 0.464. The molecule has 5 heterocycles. The number of imidazole rings is 1. The lowest BCUT2D eigenvalue weighted by Gasteiger charge is -2.29. The maximum atomic E-state index is 14.1. The average molecular weight is 567 g/mol. The highest BCUT2D eigenvalue weighted by Gasteiger charge is 2.27. The number of fused-ring (bicyclic) bond motifs is 1. The molecule has 2 fully saturated rings. The van der Waals surface area contributed by atoms with Gasteiger partial charge in [-0.2, -0.15) is 4.98 Å². The highest BCUT2D eigenvalue weighted by atomic mass is 19.3. The largest absolute Gasteiger partial charge is 0.378 e. The SMILES string of the molecule is O=C(NCC(=O)N1CC=C(c2cc(N3CCOCC3)nc(-n3c(C(F)F)nc4ccccc43)n2)CC1)[C@@H]1CCCN1. The van der Waals surface area contributed by atoms with Gasteiger partial charge in [0.05, 0.1) is 42.5 Å². The smallest absolute Gasteiger partial charge is 0.296 e. The number of hydrogen-bond acceptors (Lipinski definition) is 8. The normalized spacial score (nSPS) is 19.6. The number of nitrogens with one attached hydrogen (secondary N) is 2. The molecule has 0 saturated carbocycles. The van der Waals surface area contributed by atoms with E-state index in [0.29, 0.717) is 68.4 Å². The summed E-state index contributed by atoms with van der Waals surface area (Å²) in [5, 5.41) is 5.87. The summed E-state index contributed by atoms with van der Waals surface area (Å²) >= 11 is 0. The third-order valence-electron chi connectivity index (χ3n) is 7.70. The summed E-state index contributed by atoms with van der Waals surface area (Å²) in [5.74, 6) is 0.0176. The van der Waals surface area contributed by atoms with Crippen molar-refractivity contribution in [2.24, 2.45) is 0 Å². The third kappa shape index (κ3) is 5.77. The first kappa shape index (κ1) is 27.2. The molecule has 2 amide bonds. The van der Waals surface area contributed by atoms with E-state index in [2.05, 4.69) is 20.5 Å². The quantitative estimate of drug-likeness (QED) is 0.447. The highest BCUT2D eigenvalue weighted by molar-refractivity contribution is 5.88. The minimum atomic E-state index is -2.82. The van der Waals surface area contributed by atoms with Crippen molar-refractivity contribution in [1.29, 1.82) is 0 Å². The molecule has 3 aromatic rings. The summed E-state index contributed by atoms with van der Waals surface area (Å²) < 4.78 is 35.1. The Bertz CT molecular complexity index is 1460. The summed E-state index contributed by atoms with van der Waals surface area (Å²) in [6.07, 6.45) is 1.35. The number of para-hydroxylation sites is 2. The zero-order chi connectivity index (χ0) is 28.3. The van der Waals surface area contributed by atoms with Gasteiger partial charge in [-0.05, 0) is 43.5 Å². The minimum Gasteiger partial charge on any atom is -0.378 e. The number of hydrogen-bond donors (Lipinski definition) is 2. The summed E-state index contributed by atoms with van der Waals surface area (Å²) in [6.45, 7) is 3.87. The van der Waals surface area contributed by atoms with Crippen LogP contribution in [0.1, 0.15) is 37.2 Å². The second kappa shape index (κ2) is 11.9. The molecule has 2 N–H and O–H groups in total. The van der Waals surface area contributed by atoms with Crippen LogP contribution in [-0.2, 0) is 14.3 Å². The number of morpholine rings is 1. The lowest BCUT2D eigenvalue weighted by Crippen LogP contribution is -2.46. The molecule has 0 radical (unpaired) electrons. The zero-order valence-corrected chi connectivity index (χ0v) is 22.6. The fourth-order valence-corrected chi connectivity index (χ4v) is 5.48. The third-order valence-corrected chi connectivity index (χ3v) is 7.70. The van der Waals surface area contributed by atoms with Crippen LogP contribution in [0.2, 0.25) is 0 Å². The summed E-state index contributed by atoms with van der Waals surface area (Å²) in [7, 11) is 0. The molecule has 0 spiro atoms. The van der Waals surface area contributed by atoms with Crippen LogP contribution in [0.25, 0.3) is 22.6 Å². The van der Waals surface area contributed by atoms with Gasteiger partial charge in [0.15, 0.2) is 5.82 Å². The van der Waals surface area contributed by atoms with E-state index in [1.165, 1.54) is 4.57 Å². The zero-order valence-electron chi connectivity index (χ0n) is 22.6. The summed E-state index contributed by atoms with van der Waals surface area (Å²) in [5.41, 5.74) is 2.44. The maximum absolute atomic E-state index is 14.1. The van der Waals surface area contributed by atoms with E-state index in [0.717, 1.165) is 25.0 Å². The van der Waals surface area contributed by atoms with Crippen LogP contribution in [0.4, 0.5) is 14.6 Å². The van der Waals surface area contributed by atoms with Crippen LogP contribution in [-0.4, -0.2) is 94.8 Å². The van der Waals surface area contributed by atoms with Crippen LogP contribution in [0.3, 0.4) is 0 Å². The Morgan fingerprint density at radius 3 is 2.68 bits per heavy atom. The van der Waals surface area contributed by atoms with Crippen LogP contribution in [0.15, 0.2) is 36.4 Å². The van der Waals surface area contributed by atoms with E-state index in [9.17, 15) is 18.4 Å². The molecular weight excluding hydrogens is 534 g/mol. The van der Waals surface area contributed by atoms with Gasteiger partial charge in [-0.1, -0.05) is 18.2 Å². The number of aromatic nitrogens is 4. The van der Waals surface area contributed by atoms with E-state index < -0.39 is 12.2 Å². The lowest BCUT2D eigenvalue weighted by atomic mass is 10.0. The highest BCUT2D eigenvalue weighted by Crippen LogP contribution is 2.30. The van der Waals surface area contributed by atoms with E-state index >= 15 is 0 Å². The van der Waals surface area contributed by atoms with E-state index in [-0.39, 0.29) is 30.3 Å². The van der Waals surface area contributed by atoms with Gasteiger partial charge in [0.25, 0.3) is 6.43 Å². The predicted octanol–water partition coefficient (Wildman–Crippen LogP) is 2.07. The minimum absolute atomic E-state index is 0.0525. The molecule has 13 heteroatoms. The van der Waals surface area contributed by atoms with Crippen LogP contribution in [0.5, 0.6) is 0 Å². The van der Waals surface area contributed by atoms with E-state index in [4.69, 9.17) is 14.7 Å². The maximum Gasteiger partial charge on any atom is 0.296 e. The van der Waals surface area contributed by atoms with E-state index in [1.54, 1.807) is 29.2 Å². The van der Waals surface area contributed by atoms with Gasteiger partial charge < -0.3 is 25.2 Å². The number of carbonyl (C=O) groups is 2. The van der Waals surface area contributed by atoms with Crippen molar-refractivity contribution < 1.29 is 23.1 Å². The Hall–Kier alpha value is -3.97. The molecule has 41 heavy (non-hydrogen) atoms. The number of anilines is 1. The molecule has 1 atom stereocenters. The molecule has 6 rings (SSSR count). The van der Waals surface area contributed by atoms with Crippen LogP contribution in [0, 0.1) is 0 Å². The molecule has 0 bridgehead atoms. The van der Waals surface area contributed by atoms with Crippen molar-refractivity contribution in [3.05, 3.63) is 47.9 Å². The number of alkyl halides is 2. The average Bonchev–Trinajstić information content (AvgIpc) is 3.69.